The van der Waals surface area contributed by atoms with Crippen LogP contribution in [0.15, 0.2) is 35.7 Å². The summed E-state index contributed by atoms with van der Waals surface area (Å²) in [6.45, 7) is 1.66. The Labute approximate surface area is 128 Å². The molecule has 0 unspecified atom stereocenters. The fourth-order valence-electron chi connectivity index (χ4n) is 2.55. The van der Waals surface area contributed by atoms with E-state index in [9.17, 15) is 4.79 Å². The highest BCUT2D eigenvalue weighted by Gasteiger charge is 2.17. The van der Waals surface area contributed by atoms with Gasteiger partial charge in [0.25, 0.3) is 0 Å². The van der Waals surface area contributed by atoms with E-state index in [1.807, 2.05) is 34.5 Å². The number of hydrogen-bond donors (Lipinski definition) is 2. The van der Waals surface area contributed by atoms with Crippen LogP contribution in [0.25, 0.3) is 10.4 Å². The third-order valence-corrected chi connectivity index (χ3v) is 4.66. The third kappa shape index (κ3) is 3.19. The summed E-state index contributed by atoms with van der Waals surface area (Å²) in [4.78, 5) is 15.3. The monoisotopic (exact) mass is 301 g/mol. The zero-order valence-corrected chi connectivity index (χ0v) is 12.7. The second-order valence-electron chi connectivity index (χ2n) is 5.26. The van der Waals surface area contributed by atoms with Gasteiger partial charge in [-0.3, -0.25) is 0 Å². The van der Waals surface area contributed by atoms with E-state index in [1.165, 1.54) is 11.3 Å². The fraction of sp³-hybridized carbons (Fsp3) is 0.312. The van der Waals surface area contributed by atoms with E-state index in [0.717, 1.165) is 31.5 Å². The molecule has 1 aliphatic heterocycles. The maximum Gasteiger partial charge on any atom is 0.321 e. The number of nitrogens with one attached hydrogen (secondary N) is 1. The van der Waals surface area contributed by atoms with Crippen LogP contribution in [0.5, 0.6) is 0 Å². The molecule has 0 aliphatic carbocycles. The first-order valence-corrected chi connectivity index (χ1v) is 8.11. The number of carbonyl (C=O) groups is 1. The lowest BCUT2D eigenvalue weighted by atomic mass is 10.1. The van der Waals surface area contributed by atoms with Crippen molar-refractivity contribution in [3.05, 3.63) is 35.7 Å². The molecular weight excluding hydrogens is 282 g/mol. The molecule has 1 fully saturated rings. The Morgan fingerprint density at radius 3 is 2.71 bits per heavy atom. The molecule has 0 bridgehead atoms. The quantitative estimate of drug-likeness (QED) is 0.823. The molecule has 21 heavy (non-hydrogen) atoms. The summed E-state index contributed by atoms with van der Waals surface area (Å²) in [5, 5.41) is 4.99. The number of benzene rings is 1. The van der Waals surface area contributed by atoms with Gasteiger partial charge in [-0.15, -0.1) is 11.3 Å². The summed E-state index contributed by atoms with van der Waals surface area (Å²) in [5.74, 6) is 0. The first-order chi connectivity index (χ1) is 10.2. The van der Waals surface area contributed by atoms with Crippen LogP contribution in [0.1, 0.15) is 19.3 Å². The summed E-state index contributed by atoms with van der Waals surface area (Å²) >= 11 is 1.67. The van der Waals surface area contributed by atoms with Crippen LogP contribution in [-0.2, 0) is 0 Å². The smallest absolute Gasteiger partial charge is 0.321 e. The van der Waals surface area contributed by atoms with E-state index in [2.05, 4.69) is 11.4 Å². The largest absolute Gasteiger partial charge is 0.397 e. The highest BCUT2D eigenvalue weighted by Crippen LogP contribution is 2.30. The number of amides is 2. The topological polar surface area (TPSA) is 58.4 Å². The number of piperidine rings is 1. The predicted molar refractivity (Wildman–Crippen MR) is 88.6 cm³/mol. The van der Waals surface area contributed by atoms with Gasteiger partial charge in [-0.25, -0.2) is 4.79 Å². The molecule has 0 saturated carbocycles. The molecule has 4 nitrogen and oxygen atoms in total. The summed E-state index contributed by atoms with van der Waals surface area (Å²) in [5.41, 5.74) is 8.36. The molecule has 1 saturated heterocycles. The zero-order valence-electron chi connectivity index (χ0n) is 11.8. The molecule has 1 aromatic carbocycles. The van der Waals surface area contributed by atoms with Gasteiger partial charge < -0.3 is 16.0 Å². The molecule has 1 aliphatic rings. The Morgan fingerprint density at radius 1 is 1.19 bits per heavy atom. The first-order valence-electron chi connectivity index (χ1n) is 7.23. The van der Waals surface area contributed by atoms with Crippen molar-refractivity contribution < 1.29 is 4.79 Å². The molecule has 2 amide bonds. The third-order valence-electron chi connectivity index (χ3n) is 3.74. The van der Waals surface area contributed by atoms with Gasteiger partial charge in [0, 0.05) is 18.0 Å². The van der Waals surface area contributed by atoms with Gasteiger partial charge in [0.2, 0.25) is 0 Å². The van der Waals surface area contributed by atoms with Crippen LogP contribution in [0.4, 0.5) is 16.2 Å². The van der Waals surface area contributed by atoms with Gasteiger partial charge in [0.15, 0.2) is 0 Å². The molecule has 0 atom stereocenters. The van der Waals surface area contributed by atoms with E-state index in [-0.39, 0.29) is 6.03 Å². The minimum Gasteiger partial charge on any atom is -0.397 e. The standard InChI is InChI=1S/C16H19N3OS/c17-13-7-6-12(15-5-4-10-21-15)11-14(13)18-16(20)19-8-2-1-3-9-19/h4-7,10-11H,1-3,8-9,17H2,(H,18,20). The Morgan fingerprint density at radius 2 is 2.00 bits per heavy atom. The number of anilines is 2. The highest BCUT2D eigenvalue weighted by atomic mass is 32.1. The van der Waals surface area contributed by atoms with Crippen molar-refractivity contribution in [3.8, 4) is 10.4 Å². The summed E-state index contributed by atoms with van der Waals surface area (Å²) in [7, 11) is 0. The van der Waals surface area contributed by atoms with Crippen LogP contribution in [0, 0.1) is 0 Å². The Balaban J connectivity index is 1.78. The minimum absolute atomic E-state index is 0.0512. The number of thiophene rings is 1. The molecule has 0 radical (unpaired) electrons. The lowest BCUT2D eigenvalue weighted by Gasteiger charge is -2.27. The maximum atomic E-state index is 12.3. The fourth-order valence-corrected chi connectivity index (χ4v) is 3.28. The molecule has 5 heteroatoms. The SMILES string of the molecule is Nc1ccc(-c2cccs2)cc1NC(=O)N1CCCCC1. The molecule has 0 spiro atoms. The van der Waals surface area contributed by atoms with Crippen molar-refractivity contribution in [2.45, 2.75) is 19.3 Å². The first kappa shape index (κ1) is 13.9. The highest BCUT2D eigenvalue weighted by molar-refractivity contribution is 7.13. The second-order valence-corrected chi connectivity index (χ2v) is 6.20. The summed E-state index contributed by atoms with van der Waals surface area (Å²) < 4.78 is 0. The number of likely N-dealkylation sites (tertiary alicyclic amines) is 1. The Hall–Kier alpha value is -2.01. The Bertz CT molecular complexity index is 618. The van der Waals surface area contributed by atoms with Crippen molar-refractivity contribution in [1.29, 1.82) is 0 Å². The van der Waals surface area contributed by atoms with Crippen LogP contribution < -0.4 is 11.1 Å². The number of hydrogen-bond acceptors (Lipinski definition) is 3. The van der Waals surface area contributed by atoms with E-state index in [4.69, 9.17) is 5.73 Å². The average Bonchev–Trinajstić information content (AvgIpc) is 3.04. The van der Waals surface area contributed by atoms with Crippen LogP contribution >= 0.6 is 11.3 Å². The maximum absolute atomic E-state index is 12.3. The molecule has 3 N–H and O–H groups in total. The van der Waals surface area contributed by atoms with Crippen molar-refractivity contribution in [2.75, 3.05) is 24.1 Å². The van der Waals surface area contributed by atoms with Gasteiger partial charge in [0.05, 0.1) is 11.4 Å². The second kappa shape index (κ2) is 6.18. The van der Waals surface area contributed by atoms with Crippen molar-refractivity contribution in [1.82, 2.24) is 4.90 Å². The number of rotatable bonds is 2. The van der Waals surface area contributed by atoms with E-state index >= 15 is 0 Å². The van der Waals surface area contributed by atoms with Crippen LogP contribution in [-0.4, -0.2) is 24.0 Å². The predicted octanol–water partition coefficient (Wildman–Crippen LogP) is 4.02. The lowest BCUT2D eigenvalue weighted by molar-refractivity contribution is 0.200. The number of carbonyl (C=O) groups excluding carboxylic acids is 1. The number of urea groups is 1. The van der Waals surface area contributed by atoms with Crippen molar-refractivity contribution in [3.63, 3.8) is 0 Å². The number of nitrogens with two attached hydrogens (primary N) is 1. The summed E-state index contributed by atoms with van der Waals surface area (Å²) in [6, 6.07) is 9.81. The lowest BCUT2D eigenvalue weighted by Crippen LogP contribution is -2.38. The van der Waals surface area contributed by atoms with Gasteiger partial charge in [0.1, 0.15) is 0 Å². The minimum atomic E-state index is -0.0512. The zero-order chi connectivity index (χ0) is 14.7. The van der Waals surface area contributed by atoms with E-state index in [1.54, 1.807) is 11.3 Å². The van der Waals surface area contributed by atoms with Gasteiger partial charge in [-0.05, 0) is 48.4 Å². The van der Waals surface area contributed by atoms with Crippen LogP contribution in [0.3, 0.4) is 0 Å². The van der Waals surface area contributed by atoms with Crippen molar-refractivity contribution in [2.24, 2.45) is 0 Å². The molecular formula is C16H19N3OS. The van der Waals surface area contributed by atoms with Gasteiger partial charge in [-0.1, -0.05) is 12.1 Å². The number of nitrogens with zero attached hydrogens (tertiary/aromatic N) is 1. The number of nitrogen functional groups attached to an aromatic ring is 1. The van der Waals surface area contributed by atoms with Gasteiger partial charge in [-0.2, -0.15) is 0 Å². The van der Waals surface area contributed by atoms with Gasteiger partial charge >= 0.3 is 6.03 Å². The normalized spacial score (nSPS) is 15.0. The Kier molecular flexibility index (Phi) is 4.10. The van der Waals surface area contributed by atoms with Crippen molar-refractivity contribution >= 4 is 28.7 Å². The average molecular weight is 301 g/mol. The van der Waals surface area contributed by atoms with E-state index in [0.29, 0.717) is 11.4 Å². The van der Waals surface area contributed by atoms with E-state index < -0.39 is 0 Å². The molecule has 2 heterocycles. The molecule has 3 rings (SSSR count). The molecule has 110 valence electrons. The van der Waals surface area contributed by atoms with Crippen LogP contribution in [0.2, 0.25) is 0 Å². The molecule has 1 aromatic heterocycles. The molecule has 2 aromatic rings. The summed E-state index contributed by atoms with van der Waals surface area (Å²) in [6.07, 6.45) is 3.37.